The number of nitrogens with one attached hydrogen (secondary N) is 1. The van der Waals surface area contributed by atoms with E-state index in [4.69, 9.17) is 10.5 Å². The van der Waals surface area contributed by atoms with E-state index in [1.54, 1.807) is 6.07 Å². The van der Waals surface area contributed by atoms with E-state index in [0.29, 0.717) is 23.6 Å². The highest BCUT2D eigenvalue weighted by Gasteiger charge is 2.25. The van der Waals surface area contributed by atoms with Crippen LogP contribution in [0.15, 0.2) is 18.2 Å². The average Bonchev–Trinajstić information content (AvgIpc) is 2.56. The molecule has 2 fully saturated rings. The van der Waals surface area contributed by atoms with Gasteiger partial charge in [-0.2, -0.15) is 0 Å². The lowest BCUT2D eigenvalue weighted by Crippen LogP contribution is -2.45. The largest absolute Gasteiger partial charge is 0.382 e. The zero-order valence-electron chi connectivity index (χ0n) is 15.7. The Hall–Kier alpha value is -1.33. The predicted octanol–water partition coefficient (Wildman–Crippen LogP) is 3.61. The topological polar surface area (TPSA) is 50.5 Å². The summed E-state index contributed by atoms with van der Waals surface area (Å²) in [6.07, 6.45) is 3.66. The van der Waals surface area contributed by atoms with Crippen LogP contribution < -0.4 is 16.0 Å². The quantitative estimate of drug-likeness (QED) is 0.872. The normalized spacial score (nSPS) is 33.3. The zero-order valence-corrected chi connectivity index (χ0v) is 15.7. The molecule has 1 unspecified atom stereocenters. The van der Waals surface area contributed by atoms with Crippen molar-refractivity contribution in [3.05, 3.63) is 24.0 Å². The number of nitrogens with zero attached hydrogens (tertiary/aromatic N) is 1. The second-order valence-electron chi connectivity index (χ2n) is 8.03. The van der Waals surface area contributed by atoms with Crippen molar-refractivity contribution in [1.82, 2.24) is 0 Å². The molecule has 0 aromatic heterocycles. The summed E-state index contributed by atoms with van der Waals surface area (Å²) in [5.74, 6) is 0.956. The molecule has 1 aliphatic heterocycles. The van der Waals surface area contributed by atoms with Gasteiger partial charge in [0.1, 0.15) is 5.82 Å². The molecule has 3 N–H and O–H groups in total. The number of nitrogens with two attached hydrogens (primary N) is 1. The van der Waals surface area contributed by atoms with Crippen molar-refractivity contribution in [3.63, 3.8) is 0 Å². The molecule has 4 nitrogen and oxygen atoms in total. The first-order valence-corrected chi connectivity index (χ1v) is 9.61. The molecule has 1 heterocycles. The summed E-state index contributed by atoms with van der Waals surface area (Å²) in [5.41, 5.74) is 7.62. The molecule has 1 saturated carbocycles. The van der Waals surface area contributed by atoms with Crippen molar-refractivity contribution >= 4 is 11.4 Å². The number of hydrogen-bond acceptors (Lipinski definition) is 4. The van der Waals surface area contributed by atoms with Gasteiger partial charge in [0.2, 0.25) is 0 Å². The molecule has 25 heavy (non-hydrogen) atoms. The van der Waals surface area contributed by atoms with Crippen molar-refractivity contribution in [2.45, 2.75) is 58.3 Å². The Balaban J connectivity index is 1.58. The zero-order chi connectivity index (χ0) is 18.0. The predicted molar refractivity (Wildman–Crippen MR) is 102 cm³/mol. The first-order valence-electron chi connectivity index (χ1n) is 9.61. The van der Waals surface area contributed by atoms with Gasteiger partial charge in [0.25, 0.3) is 0 Å². The molecule has 2 aliphatic rings. The van der Waals surface area contributed by atoms with Gasteiger partial charge < -0.3 is 20.7 Å². The average molecular weight is 349 g/mol. The highest BCUT2D eigenvalue weighted by atomic mass is 19.1. The SMILES string of the molecule is CC1C[C@H](CNc2ccc(N3C[C@@H](C)O[C@@H](C)C3)cc2F)CC[C@H]1N. The minimum absolute atomic E-state index is 0.171. The second-order valence-corrected chi connectivity index (χ2v) is 8.03. The maximum atomic E-state index is 14.6. The Morgan fingerprint density at radius 1 is 1.20 bits per heavy atom. The van der Waals surface area contributed by atoms with Crippen LogP contribution >= 0.6 is 0 Å². The second kappa shape index (κ2) is 7.92. The minimum atomic E-state index is -0.176. The van der Waals surface area contributed by atoms with Crippen molar-refractivity contribution in [2.75, 3.05) is 29.9 Å². The molecule has 0 bridgehead atoms. The fraction of sp³-hybridized carbons (Fsp3) is 0.700. The van der Waals surface area contributed by atoms with E-state index in [9.17, 15) is 4.39 Å². The standard InChI is InChI=1S/C20H32FN3O/c1-13-8-16(4-6-19(13)22)10-23-20-7-5-17(9-18(20)21)24-11-14(2)25-15(3)12-24/h5,7,9,13-16,19,23H,4,6,8,10-12,22H2,1-3H3/t13?,14-,15+,16-,19-/m1/s1. The molecule has 0 radical (unpaired) electrons. The Morgan fingerprint density at radius 2 is 1.92 bits per heavy atom. The van der Waals surface area contributed by atoms with Crippen LogP contribution in [0.4, 0.5) is 15.8 Å². The first kappa shape index (κ1) is 18.5. The Labute approximate surface area is 150 Å². The van der Waals surface area contributed by atoms with E-state index in [1.807, 2.05) is 12.1 Å². The third-order valence-electron chi connectivity index (χ3n) is 5.66. The van der Waals surface area contributed by atoms with E-state index in [2.05, 4.69) is 31.0 Å². The Morgan fingerprint density at radius 3 is 2.56 bits per heavy atom. The van der Waals surface area contributed by atoms with E-state index >= 15 is 0 Å². The van der Waals surface area contributed by atoms with Gasteiger partial charge in [0.15, 0.2) is 0 Å². The molecular formula is C20H32FN3O. The van der Waals surface area contributed by atoms with Gasteiger partial charge >= 0.3 is 0 Å². The lowest BCUT2D eigenvalue weighted by atomic mass is 9.79. The smallest absolute Gasteiger partial charge is 0.148 e. The Kier molecular flexibility index (Phi) is 5.85. The number of rotatable bonds is 4. The van der Waals surface area contributed by atoms with Gasteiger partial charge in [-0.3, -0.25) is 0 Å². The van der Waals surface area contributed by atoms with E-state index in [1.165, 1.54) is 0 Å². The van der Waals surface area contributed by atoms with Crippen LogP contribution in [0.2, 0.25) is 0 Å². The number of anilines is 2. The van der Waals surface area contributed by atoms with Gasteiger partial charge in [-0.1, -0.05) is 6.92 Å². The maximum absolute atomic E-state index is 14.6. The van der Waals surface area contributed by atoms with Crippen LogP contribution in [0.25, 0.3) is 0 Å². The lowest BCUT2D eigenvalue weighted by molar-refractivity contribution is -0.00523. The van der Waals surface area contributed by atoms with E-state index < -0.39 is 0 Å². The third-order valence-corrected chi connectivity index (χ3v) is 5.66. The van der Waals surface area contributed by atoms with Crippen LogP contribution in [0.3, 0.4) is 0 Å². The van der Waals surface area contributed by atoms with Crippen LogP contribution in [0.5, 0.6) is 0 Å². The van der Waals surface area contributed by atoms with Gasteiger partial charge in [0, 0.05) is 31.4 Å². The van der Waals surface area contributed by atoms with Crippen LogP contribution in [0, 0.1) is 17.7 Å². The molecule has 140 valence electrons. The van der Waals surface area contributed by atoms with Crippen LogP contribution in [0.1, 0.15) is 40.0 Å². The van der Waals surface area contributed by atoms with E-state index in [-0.39, 0.29) is 18.0 Å². The van der Waals surface area contributed by atoms with Gasteiger partial charge in [-0.25, -0.2) is 4.39 Å². The fourth-order valence-electron chi connectivity index (χ4n) is 4.20. The molecule has 0 spiro atoms. The molecule has 0 amide bonds. The highest BCUT2D eigenvalue weighted by molar-refractivity contribution is 5.56. The summed E-state index contributed by atoms with van der Waals surface area (Å²) < 4.78 is 20.3. The van der Waals surface area contributed by atoms with Crippen LogP contribution in [-0.4, -0.2) is 37.9 Å². The molecule has 3 rings (SSSR count). The monoisotopic (exact) mass is 349 g/mol. The number of halogens is 1. The van der Waals surface area contributed by atoms with Crippen molar-refractivity contribution in [1.29, 1.82) is 0 Å². The summed E-state index contributed by atoms with van der Waals surface area (Å²) in [5, 5.41) is 3.31. The maximum Gasteiger partial charge on any atom is 0.148 e. The van der Waals surface area contributed by atoms with Gasteiger partial charge in [0.05, 0.1) is 17.9 Å². The lowest BCUT2D eigenvalue weighted by Gasteiger charge is -2.37. The van der Waals surface area contributed by atoms with Crippen molar-refractivity contribution < 1.29 is 9.13 Å². The molecule has 1 aliphatic carbocycles. The molecule has 1 saturated heterocycles. The summed E-state index contributed by atoms with van der Waals surface area (Å²) in [4.78, 5) is 2.20. The summed E-state index contributed by atoms with van der Waals surface area (Å²) in [6.45, 7) is 8.76. The molecule has 5 heteroatoms. The van der Waals surface area contributed by atoms with Gasteiger partial charge in [-0.05, 0) is 63.1 Å². The number of morpholine rings is 1. The Bertz CT molecular complexity index is 572. The summed E-state index contributed by atoms with van der Waals surface area (Å²) in [7, 11) is 0. The number of benzene rings is 1. The fourth-order valence-corrected chi connectivity index (χ4v) is 4.20. The molecule has 1 aromatic carbocycles. The van der Waals surface area contributed by atoms with Crippen LogP contribution in [-0.2, 0) is 4.74 Å². The third kappa shape index (κ3) is 4.64. The molecule has 1 aromatic rings. The summed E-state index contributed by atoms with van der Waals surface area (Å²) >= 11 is 0. The van der Waals surface area contributed by atoms with Gasteiger partial charge in [-0.15, -0.1) is 0 Å². The van der Waals surface area contributed by atoms with Crippen molar-refractivity contribution in [3.8, 4) is 0 Å². The van der Waals surface area contributed by atoms with E-state index in [0.717, 1.165) is 44.6 Å². The molecule has 5 atom stereocenters. The minimum Gasteiger partial charge on any atom is -0.382 e. The number of hydrogen-bond donors (Lipinski definition) is 2. The first-order chi connectivity index (χ1) is 11.9. The number of ether oxygens (including phenoxy) is 1. The highest BCUT2D eigenvalue weighted by Crippen LogP contribution is 2.29. The molecular weight excluding hydrogens is 317 g/mol. The summed E-state index contributed by atoms with van der Waals surface area (Å²) in [6, 6.07) is 5.85. The van der Waals surface area contributed by atoms with Crippen molar-refractivity contribution in [2.24, 2.45) is 17.6 Å².